The molecule has 29 heavy (non-hydrogen) atoms. The zero-order chi connectivity index (χ0) is 21.1. The van der Waals surface area contributed by atoms with Crippen molar-refractivity contribution in [2.75, 3.05) is 0 Å². The Hall–Kier alpha value is -0.650. The van der Waals surface area contributed by atoms with Crippen molar-refractivity contribution in [3.63, 3.8) is 0 Å². The van der Waals surface area contributed by atoms with E-state index in [1.165, 1.54) is 0 Å². The van der Waals surface area contributed by atoms with Gasteiger partial charge in [0.15, 0.2) is 0 Å². The molecule has 4 aliphatic rings. The van der Waals surface area contributed by atoms with Crippen molar-refractivity contribution < 1.29 is 25.2 Å². The Kier molecular flexibility index (Phi) is 5.57. The van der Waals surface area contributed by atoms with Crippen molar-refractivity contribution in [2.45, 2.75) is 96.9 Å². The van der Waals surface area contributed by atoms with Crippen molar-refractivity contribution in [3.05, 3.63) is 0 Å². The molecule has 0 bridgehead atoms. The molecule has 0 aromatic carbocycles. The van der Waals surface area contributed by atoms with Crippen LogP contribution in [0.4, 0.5) is 0 Å². The quantitative estimate of drug-likeness (QED) is 0.571. The first-order chi connectivity index (χ1) is 13.6. The highest BCUT2D eigenvalue weighted by molar-refractivity contribution is 5.66. The normalized spacial score (nSPS) is 52.9. The summed E-state index contributed by atoms with van der Waals surface area (Å²) >= 11 is 0. The van der Waals surface area contributed by atoms with Crippen LogP contribution in [0.5, 0.6) is 0 Å². The van der Waals surface area contributed by atoms with Gasteiger partial charge in [0, 0.05) is 6.42 Å². The molecule has 0 saturated heterocycles. The van der Waals surface area contributed by atoms with Gasteiger partial charge in [-0.1, -0.05) is 20.8 Å². The highest BCUT2D eigenvalue weighted by atomic mass is 16.4. The molecule has 0 aromatic rings. The molecule has 166 valence electrons. The summed E-state index contributed by atoms with van der Waals surface area (Å²) < 4.78 is 0. The minimum Gasteiger partial charge on any atom is -0.481 e. The number of hydrogen-bond acceptors (Lipinski definition) is 4. The smallest absolute Gasteiger partial charge is 0.303 e. The standard InChI is InChI=1S/C24H40O5/c1-13(4-7-21(28)29)16-5-6-17-22-18(12-20(27)24(16,17)3)23(2)9-8-15(25)10-14(23)11-19(22)26/h13-20,22,25-27H,4-12H2,1-3H3,(H,28,29)/t13-,14+,15-,16-,17+,18+,19+,20-,22+,23+,24-/m1/s1. The van der Waals surface area contributed by atoms with E-state index in [0.717, 1.165) is 44.9 Å². The lowest BCUT2D eigenvalue weighted by Crippen LogP contribution is -2.62. The second-order valence-corrected chi connectivity index (χ2v) is 11.4. The molecule has 0 amide bonds. The zero-order valence-corrected chi connectivity index (χ0v) is 18.3. The topological polar surface area (TPSA) is 98.0 Å². The zero-order valence-electron chi connectivity index (χ0n) is 18.3. The molecule has 4 saturated carbocycles. The molecule has 4 rings (SSSR count). The van der Waals surface area contributed by atoms with Gasteiger partial charge in [-0.05, 0) is 97.7 Å². The monoisotopic (exact) mass is 408 g/mol. The molecule has 0 unspecified atom stereocenters. The summed E-state index contributed by atoms with van der Waals surface area (Å²) in [5, 5.41) is 42.0. The first kappa shape index (κ1) is 21.6. The first-order valence-electron chi connectivity index (χ1n) is 11.8. The van der Waals surface area contributed by atoms with Gasteiger partial charge in [-0.3, -0.25) is 4.79 Å². The predicted molar refractivity (Wildman–Crippen MR) is 110 cm³/mol. The van der Waals surface area contributed by atoms with Crippen LogP contribution in [0.1, 0.15) is 78.6 Å². The van der Waals surface area contributed by atoms with Crippen molar-refractivity contribution in [3.8, 4) is 0 Å². The highest BCUT2D eigenvalue weighted by Crippen LogP contribution is 2.68. The lowest BCUT2D eigenvalue weighted by Gasteiger charge is -2.63. The van der Waals surface area contributed by atoms with Gasteiger partial charge in [-0.15, -0.1) is 0 Å². The maximum Gasteiger partial charge on any atom is 0.303 e. The van der Waals surface area contributed by atoms with Crippen LogP contribution in [-0.2, 0) is 4.79 Å². The molecule has 4 N–H and O–H groups in total. The molecule has 0 aromatic heterocycles. The van der Waals surface area contributed by atoms with Crippen LogP contribution in [0.15, 0.2) is 0 Å². The van der Waals surface area contributed by atoms with E-state index in [0.29, 0.717) is 30.1 Å². The van der Waals surface area contributed by atoms with Crippen LogP contribution in [0, 0.1) is 46.3 Å². The van der Waals surface area contributed by atoms with Gasteiger partial charge >= 0.3 is 5.97 Å². The van der Waals surface area contributed by atoms with Crippen molar-refractivity contribution >= 4 is 5.97 Å². The van der Waals surface area contributed by atoms with Crippen LogP contribution < -0.4 is 0 Å². The molecule has 0 heterocycles. The number of carboxylic acid groups (broad SMARTS) is 1. The van der Waals surface area contributed by atoms with E-state index in [1.54, 1.807) is 0 Å². The van der Waals surface area contributed by atoms with Gasteiger partial charge < -0.3 is 20.4 Å². The highest BCUT2D eigenvalue weighted by Gasteiger charge is 2.65. The Bertz CT molecular complexity index is 637. The van der Waals surface area contributed by atoms with Crippen molar-refractivity contribution in [1.82, 2.24) is 0 Å². The molecule has 4 aliphatic carbocycles. The number of carbonyl (C=O) groups is 1. The third-order valence-electron chi connectivity index (χ3n) is 10.3. The minimum absolute atomic E-state index is 0.0957. The lowest BCUT2D eigenvalue weighted by atomic mass is 9.43. The predicted octanol–water partition coefficient (Wildman–Crippen LogP) is 3.45. The number of hydrogen-bond donors (Lipinski definition) is 4. The van der Waals surface area contributed by atoms with Gasteiger partial charge in [0.05, 0.1) is 18.3 Å². The number of aliphatic hydroxyl groups is 3. The lowest BCUT2D eigenvalue weighted by molar-refractivity contribution is -0.207. The maximum absolute atomic E-state index is 11.5. The summed E-state index contributed by atoms with van der Waals surface area (Å²) in [6, 6.07) is 0. The van der Waals surface area contributed by atoms with Crippen LogP contribution in [0.2, 0.25) is 0 Å². The van der Waals surface area contributed by atoms with Crippen molar-refractivity contribution in [1.29, 1.82) is 0 Å². The van der Waals surface area contributed by atoms with E-state index in [2.05, 4.69) is 20.8 Å². The Morgan fingerprint density at radius 1 is 1.03 bits per heavy atom. The molecule has 4 fully saturated rings. The van der Waals surface area contributed by atoms with E-state index in [1.807, 2.05) is 0 Å². The summed E-state index contributed by atoms with van der Waals surface area (Å²) in [7, 11) is 0. The summed E-state index contributed by atoms with van der Waals surface area (Å²) in [6.45, 7) is 6.72. The van der Waals surface area contributed by atoms with Crippen LogP contribution in [0.25, 0.3) is 0 Å². The molecule has 0 radical (unpaired) electrons. The molecular formula is C24H40O5. The molecule has 0 aliphatic heterocycles. The molecule has 11 atom stereocenters. The number of fused-ring (bicyclic) bond motifs is 5. The van der Waals surface area contributed by atoms with E-state index in [9.17, 15) is 20.1 Å². The molecule has 5 nitrogen and oxygen atoms in total. The largest absolute Gasteiger partial charge is 0.481 e. The van der Waals surface area contributed by atoms with Crippen molar-refractivity contribution in [2.24, 2.45) is 46.3 Å². The molecular weight excluding hydrogens is 368 g/mol. The molecule has 5 heteroatoms. The van der Waals surface area contributed by atoms with Crippen LogP contribution >= 0.6 is 0 Å². The van der Waals surface area contributed by atoms with Crippen LogP contribution in [-0.4, -0.2) is 44.7 Å². The fourth-order valence-corrected chi connectivity index (χ4v) is 8.68. The fourth-order valence-electron chi connectivity index (χ4n) is 8.68. The van der Waals surface area contributed by atoms with Gasteiger partial charge in [-0.2, -0.15) is 0 Å². The van der Waals surface area contributed by atoms with Gasteiger partial charge in [-0.25, -0.2) is 0 Å². The Balaban J connectivity index is 1.61. The first-order valence-corrected chi connectivity index (χ1v) is 11.8. The second kappa shape index (κ2) is 7.49. The number of aliphatic hydroxyl groups excluding tert-OH is 3. The SMILES string of the molecule is C[C@H](CCC(=O)O)[C@H]1CC[C@H]2[C@@H]3[C@@H](O)C[C@@H]4C[C@H](O)CC[C@]4(C)[C@H]3C[C@@H](O)[C@]12C. The summed E-state index contributed by atoms with van der Waals surface area (Å²) in [5.74, 6) is 0.997. The summed E-state index contributed by atoms with van der Waals surface area (Å²) in [6.07, 6.45) is 6.00. The number of rotatable bonds is 4. The fraction of sp³-hybridized carbons (Fsp3) is 0.958. The molecule has 0 spiro atoms. The van der Waals surface area contributed by atoms with E-state index >= 15 is 0 Å². The Morgan fingerprint density at radius 2 is 1.76 bits per heavy atom. The Morgan fingerprint density at radius 3 is 2.45 bits per heavy atom. The maximum atomic E-state index is 11.5. The summed E-state index contributed by atoms with van der Waals surface area (Å²) in [4.78, 5) is 11.1. The van der Waals surface area contributed by atoms with Gasteiger partial charge in [0.25, 0.3) is 0 Å². The third kappa shape index (κ3) is 3.27. The number of aliphatic carboxylic acids is 1. The average molecular weight is 409 g/mol. The van der Waals surface area contributed by atoms with E-state index < -0.39 is 12.1 Å². The Labute approximate surface area is 174 Å². The van der Waals surface area contributed by atoms with E-state index in [-0.39, 0.29) is 41.3 Å². The van der Waals surface area contributed by atoms with Crippen LogP contribution in [0.3, 0.4) is 0 Å². The van der Waals surface area contributed by atoms with Gasteiger partial charge in [0.1, 0.15) is 0 Å². The van der Waals surface area contributed by atoms with Gasteiger partial charge in [0.2, 0.25) is 0 Å². The number of carboxylic acids is 1. The minimum atomic E-state index is -0.748. The van der Waals surface area contributed by atoms with E-state index in [4.69, 9.17) is 5.11 Å². The summed E-state index contributed by atoms with van der Waals surface area (Å²) in [5.41, 5.74) is -0.143. The second-order valence-electron chi connectivity index (χ2n) is 11.4. The average Bonchev–Trinajstić information content (AvgIpc) is 3.01. The third-order valence-corrected chi connectivity index (χ3v) is 10.3.